The van der Waals surface area contributed by atoms with Gasteiger partial charge < -0.3 is 20.4 Å². The largest absolute Gasteiger partial charge is 0.457 e. The zero-order valence-corrected chi connectivity index (χ0v) is 17.1. The second-order valence-corrected chi connectivity index (χ2v) is 7.39. The molecule has 1 amide bonds. The van der Waals surface area contributed by atoms with Crippen LogP contribution in [-0.4, -0.2) is 20.4 Å². The van der Waals surface area contributed by atoms with Crippen LogP contribution in [0, 0.1) is 0 Å². The van der Waals surface area contributed by atoms with Gasteiger partial charge in [0.05, 0.1) is 11.0 Å². The first-order valence-electron chi connectivity index (χ1n) is 9.68. The van der Waals surface area contributed by atoms with Gasteiger partial charge in [0, 0.05) is 31.1 Å². The summed E-state index contributed by atoms with van der Waals surface area (Å²) in [5.74, 6) is 1.68. The lowest BCUT2D eigenvalue weighted by atomic mass is 10.0. The highest BCUT2D eigenvalue weighted by Gasteiger charge is 2.11. The van der Waals surface area contributed by atoms with Crippen LogP contribution in [0.5, 0.6) is 11.5 Å². The molecule has 0 aliphatic rings. The molecule has 3 N–H and O–H groups in total. The van der Waals surface area contributed by atoms with Crippen LogP contribution in [0.4, 0.5) is 11.6 Å². The van der Waals surface area contributed by atoms with Crippen LogP contribution < -0.4 is 15.8 Å². The highest BCUT2D eigenvalue weighted by atomic mass is 16.5. The van der Waals surface area contributed by atoms with Gasteiger partial charge in [-0.15, -0.1) is 0 Å². The van der Waals surface area contributed by atoms with Crippen molar-refractivity contribution in [3.8, 4) is 11.5 Å². The van der Waals surface area contributed by atoms with E-state index < -0.39 is 5.91 Å². The number of hydrogen-bond acceptors (Lipinski definition) is 5. The number of fused-ring (bicyclic) bond motifs is 1. The number of benzene rings is 2. The molecule has 0 aliphatic heterocycles. The fourth-order valence-electron chi connectivity index (χ4n) is 3.21. The lowest BCUT2D eigenvalue weighted by Crippen LogP contribution is -2.12. The zero-order valence-electron chi connectivity index (χ0n) is 17.1. The second-order valence-electron chi connectivity index (χ2n) is 7.39. The summed E-state index contributed by atoms with van der Waals surface area (Å²) in [5, 5.41) is 3.40. The van der Waals surface area contributed by atoms with Gasteiger partial charge in [0.1, 0.15) is 17.2 Å². The van der Waals surface area contributed by atoms with E-state index in [9.17, 15) is 4.79 Å². The Morgan fingerprint density at radius 2 is 1.90 bits per heavy atom. The van der Waals surface area contributed by atoms with Gasteiger partial charge >= 0.3 is 0 Å². The predicted octanol–water partition coefficient (Wildman–Crippen LogP) is 4.73. The normalized spacial score (nSPS) is 11.1. The molecule has 0 bridgehead atoms. The van der Waals surface area contributed by atoms with Crippen LogP contribution in [0.25, 0.3) is 11.0 Å². The third kappa shape index (κ3) is 3.96. The van der Waals surface area contributed by atoms with Crippen molar-refractivity contribution in [1.82, 2.24) is 14.5 Å². The molecule has 4 rings (SSSR count). The van der Waals surface area contributed by atoms with Crippen molar-refractivity contribution in [2.75, 3.05) is 5.32 Å². The topological polar surface area (TPSA) is 95.1 Å². The van der Waals surface area contributed by atoms with Crippen molar-refractivity contribution in [2.24, 2.45) is 12.8 Å². The van der Waals surface area contributed by atoms with E-state index in [2.05, 4.69) is 36.3 Å². The van der Waals surface area contributed by atoms with Gasteiger partial charge in [0.2, 0.25) is 5.95 Å². The minimum absolute atomic E-state index is 0.154. The number of amides is 1. The zero-order chi connectivity index (χ0) is 21.3. The van der Waals surface area contributed by atoms with Crippen LogP contribution in [0.1, 0.15) is 35.8 Å². The number of carbonyl (C=O) groups excluding carboxylic acids is 1. The van der Waals surface area contributed by atoms with Gasteiger partial charge in [-0.3, -0.25) is 9.78 Å². The number of pyridine rings is 1. The molecule has 0 atom stereocenters. The summed E-state index contributed by atoms with van der Waals surface area (Å²) in [6.45, 7) is 4.34. The summed E-state index contributed by atoms with van der Waals surface area (Å²) in [6, 6.07) is 17.2. The maximum absolute atomic E-state index is 11.3. The Morgan fingerprint density at radius 1 is 1.10 bits per heavy atom. The number of primary amides is 1. The number of nitrogens with one attached hydrogen (secondary N) is 1. The number of ether oxygens (including phenoxy) is 1. The van der Waals surface area contributed by atoms with Crippen LogP contribution >= 0.6 is 0 Å². The van der Waals surface area contributed by atoms with E-state index in [1.807, 2.05) is 41.9 Å². The second kappa shape index (κ2) is 7.87. The SMILES string of the molecule is CC(C)c1cccc(Nc2nc3cc(Oc4ccnc(C(N)=O)c4)ccc3n2C)c1. The van der Waals surface area contributed by atoms with Crippen LogP contribution in [-0.2, 0) is 7.05 Å². The molecule has 30 heavy (non-hydrogen) atoms. The highest BCUT2D eigenvalue weighted by Crippen LogP contribution is 2.28. The van der Waals surface area contributed by atoms with Gasteiger partial charge in [-0.2, -0.15) is 0 Å². The van der Waals surface area contributed by atoms with Crippen LogP contribution in [0.2, 0.25) is 0 Å². The number of hydrogen-bond donors (Lipinski definition) is 2. The van der Waals surface area contributed by atoms with Crippen molar-refractivity contribution in [1.29, 1.82) is 0 Å². The van der Waals surface area contributed by atoms with Crippen molar-refractivity contribution in [3.05, 3.63) is 72.1 Å². The first kappa shape index (κ1) is 19.4. The number of aromatic nitrogens is 3. The number of nitrogens with zero attached hydrogens (tertiary/aromatic N) is 3. The van der Waals surface area contributed by atoms with E-state index in [4.69, 9.17) is 15.5 Å². The fraction of sp³-hybridized carbons (Fsp3) is 0.174. The number of rotatable bonds is 6. The van der Waals surface area contributed by atoms with Crippen molar-refractivity contribution in [2.45, 2.75) is 19.8 Å². The molecule has 7 nitrogen and oxygen atoms in total. The molecular formula is C23H23N5O2. The minimum Gasteiger partial charge on any atom is -0.457 e. The van der Waals surface area contributed by atoms with Gasteiger partial charge in [0.25, 0.3) is 5.91 Å². The Balaban J connectivity index is 1.61. The van der Waals surface area contributed by atoms with Crippen molar-refractivity contribution >= 4 is 28.6 Å². The summed E-state index contributed by atoms with van der Waals surface area (Å²) in [4.78, 5) is 20.0. The smallest absolute Gasteiger partial charge is 0.267 e. The molecular weight excluding hydrogens is 378 g/mol. The first-order chi connectivity index (χ1) is 14.4. The van der Waals surface area contributed by atoms with E-state index >= 15 is 0 Å². The van der Waals surface area contributed by atoms with E-state index in [-0.39, 0.29) is 5.69 Å². The molecule has 2 aromatic heterocycles. The summed E-state index contributed by atoms with van der Waals surface area (Å²) in [7, 11) is 1.96. The van der Waals surface area contributed by atoms with Crippen LogP contribution in [0.3, 0.4) is 0 Å². The van der Waals surface area contributed by atoms with E-state index in [0.29, 0.717) is 17.4 Å². The standard InChI is InChI=1S/C23H23N5O2/c1-14(2)15-5-4-6-16(11-15)26-23-27-19-12-17(7-8-21(19)28(23)3)30-18-9-10-25-20(13-18)22(24)29/h4-14H,1-3H3,(H2,24,29)(H,26,27). The Morgan fingerprint density at radius 3 is 2.67 bits per heavy atom. The molecule has 2 aromatic carbocycles. The maximum atomic E-state index is 11.3. The highest BCUT2D eigenvalue weighted by molar-refractivity contribution is 5.91. The van der Waals surface area contributed by atoms with E-state index in [1.165, 1.54) is 17.8 Å². The monoisotopic (exact) mass is 401 g/mol. The number of aryl methyl sites for hydroxylation is 1. The molecule has 2 heterocycles. The fourth-order valence-corrected chi connectivity index (χ4v) is 3.21. The molecule has 4 aromatic rings. The number of nitrogens with two attached hydrogens (primary N) is 1. The molecule has 0 aliphatic carbocycles. The molecule has 0 radical (unpaired) electrons. The molecule has 0 spiro atoms. The summed E-state index contributed by atoms with van der Waals surface area (Å²) in [5.41, 5.74) is 9.46. The van der Waals surface area contributed by atoms with Crippen LogP contribution in [0.15, 0.2) is 60.8 Å². The lowest BCUT2D eigenvalue weighted by Gasteiger charge is -2.10. The van der Waals surface area contributed by atoms with Crippen molar-refractivity contribution in [3.63, 3.8) is 0 Å². The number of anilines is 2. The third-order valence-corrected chi connectivity index (χ3v) is 4.88. The Hall–Kier alpha value is -3.87. The number of carbonyl (C=O) groups is 1. The molecule has 0 saturated heterocycles. The lowest BCUT2D eigenvalue weighted by molar-refractivity contribution is 0.0995. The quantitative estimate of drug-likeness (QED) is 0.487. The summed E-state index contributed by atoms with van der Waals surface area (Å²) < 4.78 is 7.87. The summed E-state index contributed by atoms with van der Waals surface area (Å²) in [6.07, 6.45) is 1.49. The van der Waals surface area contributed by atoms with Crippen molar-refractivity contribution < 1.29 is 9.53 Å². The average Bonchev–Trinajstić information content (AvgIpc) is 3.03. The average molecular weight is 401 g/mol. The molecule has 0 saturated carbocycles. The van der Waals surface area contributed by atoms with Gasteiger partial charge in [0.15, 0.2) is 0 Å². The van der Waals surface area contributed by atoms with Gasteiger partial charge in [-0.25, -0.2) is 4.98 Å². The third-order valence-electron chi connectivity index (χ3n) is 4.88. The molecule has 7 heteroatoms. The van der Waals surface area contributed by atoms with Gasteiger partial charge in [-0.05, 0) is 41.8 Å². The Kier molecular flexibility index (Phi) is 5.10. The molecule has 0 unspecified atom stereocenters. The summed E-state index contributed by atoms with van der Waals surface area (Å²) >= 11 is 0. The van der Waals surface area contributed by atoms with E-state index in [1.54, 1.807) is 6.07 Å². The predicted molar refractivity (Wildman–Crippen MR) is 117 cm³/mol. The number of imidazole rings is 1. The van der Waals surface area contributed by atoms with E-state index in [0.717, 1.165) is 22.7 Å². The minimum atomic E-state index is -0.599. The molecule has 0 fully saturated rings. The Bertz CT molecular complexity index is 1230. The first-order valence-corrected chi connectivity index (χ1v) is 9.68. The maximum Gasteiger partial charge on any atom is 0.267 e. The van der Waals surface area contributed by atoms with Gasteiger partial charge in [-0.1, -0.05) is 26.0 Å². The molecule has 152 valence electrons. The Labute approximate surface area is 174 Å².